The van der Waals surface area contributed by atoms with Crippen molar-refractivity contribution >= 4 is 11.9 Å². The molecule has 0 radical (unpaired) electrons. The first-order valence-corrected chi connectivity index (χ1v) is 4.62. The van der Waals surface area contributed by atoms with Crippen LogP contribution in [0.5, 0.6) is 0 Å². The highest BCUT2D eigenvalue weighted by Crippen LogP contribution is 2.27. The van der Waals surface area contributed by atoms with Crippen molar-refractivity contribution in [2.45, 2.75) is 38.3 Å². The number of carboxylic acids is 1. The Balaban J connectivity index is 2.55. The van der Waals surface area contributed by atoms with Crippen molar-refractivity contribution in [3.63, 3.8) is 0 Å². The second-order valence-electron chi connectivity index (χ2n) is 4.45. The van der Waals surface area contributed by atoms with Crippen LogP contribution < -0.4 is 11.1 Å². The Bertz CT molecular complexity index is 263. The minimum Gasteiger partial charge on any atom is -0.480 e. The van der Waals surface area contributed by atoms with E-state index in [4.69, 9.17) is 10.8 Å². The molecule has 5 heteroatoms. The van der Waals surface area contributed by atoms with Crippen LogP contribution in [0, 0.1) is 5.92 Å². The third-order valence-electron chi connectivity index (χ3n) is 2.44. The number of carbonyl (C=O) groups excluding carboxylic acids is 1. The Labute approximate surface area is 82.7 Å². The van der Waals surface area contributed by atoms with Gasteiger partial charge in [-0.1, -0.05) is 0 Å². The second-order valence-corrected chi connectivity index (χ2v) is 4.45. The maximum absolute atomic E-state index is 11.4. The first kappa shape index (κ1) is 11.0. The first-order valence-electron chi connectivity index (χ1n) is 4.62. The van der Waals surface area contributed by atoms with Gasteiger partial charge in [0.25, 0.3) is 0 Å². The van der Waals surface area contributed by atoms with E-state index in [0.29, 0.717) is 6.42 Å². The Hall–Kier alpha value is -1.10. The van der Waals surface area contributed by atoms with Gasteiger partial charge in [0.1, 0.15) is 6.04 Å². The molecule has 0 aromatic heterocycles. The summed E-state index contributed by atoms with van der Waals surface area (Å²) in [5, 5.41) is 11.4. The van der Waals surface area contributed by atoms with Gasteiger partial charge in [-0.05, 0) is 26.7 Å². The average Bonchev–Trinajstić information content (AvgIpc) is 2.24. The quantitative estimate of drug-likeness (QED) is 0.583. The molecule has 1 aliphatic rings. The zero-order chi connectivity index (χ0) is 10.9. The highest BCUT2D eigenvalue weighted by Gasteiger charge is 2.38. The molecule has 0 bridgehead atoms. The largest absolute Gasteiger partial charge is 0.480 e. The normalized spacial score (nSPS) is 27.1. The summed E-state index contributed by atoms with van der Waals surface area (Å²) in [6, 6.07) is -0.945. The average molecular weight is 200 g/mol. The van der Waals surface area contributed by atoms with Gasteiger partial charge in [-0.25, -0.2) is 0 Å². The summed E-state index contributed by atoms with van der Waals surface area (Å²) in [7, 11) is 0. The number of nitrogens with two attached hydrogens (primary N) is 1. The van der Waals surface area contributed by atoms with Crippen LogP contribution in [0.4, 0.5) is 0 Å². The lowest BCUT2D eigenvalue weighted by molar-refractivity contribution is -0.139. The van der Waals surface area contributed by atoms with Crippen molar-refractivity contribution in [1.82, 2.24) is 5.32 Å². The molecule has 0 spiro atoms. The van der Waals surface area contributed by atoms with E-state index in [-0.39, 0.29) is 23.8 Å². The first-order chi connectivity index (χ1) is 6.32. The van der Waals surface area contributed by atoms with Crippen molar-refractivity contribution in [2.24, 2.45) is 11.7 Å². The minimum atomic E-state index is -1.05. The van der Waals surface area contributed by atoms with Crippen LogP contribution in [-0.4, -0.2) is 28.6 Å². The molecule has 80 valence electrons. The maximum Gasteiger partial charge on any atom is 0.320 e. The molecule has 1 saturated heterocycles. The topological polar surface area (TPSA) is 92.4 Å². The number of hydrogen-bond acceptors (Lipinski definition) is 3. The van der Waals surface area contributed by atoms with Gasteiger partial charge in [0.2, 0.25) is 5.91 Å². The van der Waals surface area contributed by atoms with Gasteiger partial charge in [-0.2, -0.15) is 0 Å². The van der Waals surface area contributed by atoms with Gasteiger partial charge in [0.05, 0.1) is 0 Å². The van der Waals surface area contributed by atoms with Crippen molar-refractivity contribution in [3.05, 3.63) is 0 Å². The Morgan fingerprint density at radius 3 is 2.71 bits per heavy atom. The monoisotopic (exact) mass is 200 g/mol. The van der Waals surface area contributed by atoms with Crippen molar-refractivity contribution < 1.29 is 14.7 Å². The van der Waals surface area contributed by atoms with Gasteiger partial charge in [0.15, 0.2) is 0 Å². The molecule has 0 aliphatic carbocycles. The molecule has 1 unspecified atom stereocenters. The van der Waals surface area contributed by atoms with E-state index in [1.165, 1.54) is 0 Å². The van der Waals surface area contributed by atoms with Gasteiger partial charge in [0, 0.05) is 11.5 Å². The van der Waals surface area contributed by atoms with Gasteiger partial charge in [-0.3, -0.25) is 9.59 Å². The highest BCUT2D eigenvalue weighted by atomic mass is 16.4. The van der Waals surface area contributed by atoms with Crippen LogP contribution in [0.25, 0.3) is 0 Å². The number of amides is 1. The number of aliphatic carboxylic acids is 1. The fourth-order valence-electron chi connectivity index (χ4n) is 1.79. The van der Waals surface area contributed by atoms with Crippen LogP contribution in [0.2, 0.25) is 0 Å². The van der Waals surface area contributed by atoms with Crippen LogP contribution in [0.3, 0.4) is 0 Å². The fraction of sp³-hybridized carbons (Fsp3) is 0.778. The summed E-state index contributed by atoms with van der Waals surface area (Å²) >= 11 is 0. The van der Waals surface area contributed by atoms with E-state index in [9.17, 15) is 9.59 Å². The van der Waals surface area contributed by atoms with Crippen molar-refractivity contribution in [3.8, 4) is 0 Å². The summed E-state index contributed by atoms with van der Waals surface area (Å²) in [6.07, 6.45) is 0.859. The van der Waals surface area contributed by atoms with Gasteiger partial charge in [-0.15, -0.1) is 0 Å². The summed E-state index contributed by atoms with van der Waals surface area (Å²) in [5.41, 5.74) is 5.13. The summed E-state index contributed by atoms with van der Waals surface area (Å²) in [6.45, 7) is 3.83. The maximum atomic E-state index is 11.4. The summed E-state index contributed by atoms with van der Waals surface area (Å²) in [4.78, 5) is 21.9. The minimum absolute atomic E-state index is 0.0910. The van der Waals surface area contributed by atoms with E-state index >= 15 is 0 Å². The Morgan fingerprint density at radius 1 is 1.79 bits per heavy atom. The smallest absolute Gasteiger partial charge is 0.320 e. The van der Waals surface area contributed by atoms with E-state index in [1.807, 2.05) is 13.8 Å². The molecule has 1 fully saturated rings. The lowest BCUT2D eigenvalue weighted by Crippen LogP contribution is -2.36. The van der Waals surface area contributed by atoms with E-state index in [2.05, 4.69) is 5.32 Å². The van der Waals surface area contributed by atoms with E-state index < -0.39 is 12.0 Å². The number of carboxylic acid groups (broad SMARTS) is 1. The molecule has 5 nitrogen and oxygen atoms in total. The van der Waals surface area contributed by atoms with Crippen molar-refractivity contribution in [1.29, 1.82) is 0 Å². The lowest BCUT2D eigenvalue weighted by Gasteiger charge is -2.16. The lowest BCUT2D eigenvalue weighted by atomic mass is 9.92. The van der Waals surface area contributed by atoms with Gasteiger partial charge >= 0.3 is 5.97 Å². The van der Waals surface area contributed by atoms with E-state index in [1.54, 1.807) is 0 Å². The third-order valence-corrected chi connectivity index (χ3v) is 2.44. The molecule has 14 heavy (non-hydrogen) atoms. The zero-order valence-electron chi connectivity index (χ0n) is 8.41. The molecule has 0 saturated carbocycles. The van der Waals surface area contributed by atoms with Crippen LogP contribution in [-0.2, 0) is 9.59 Å². The van der Waals surface area contributed by atoms with E-state index in [0.717, 1.165) is 0 Å². The molecule has 0 aromatic carbocycles. The fourth-order valence-corrected chi connectivity index (χ4v) is 1.79. The molecule has 1 aliphatic heterocycles. The molecule has 0 aromatic rings. The Kier molecular flexibility index (Phi) is 2.80. The molecule has 2 atom stereocenters. The predicted molar refractivity (Wildman–Crippen MR) is 50.6 cm³/mol. The predicted octanol–water partition coefficient (Wildman–Crippen LogP) is -0.297. The molecule has 4 N–H and O–H groups in total. The summed E-state index contributed by atoms with van der Waals surface area (Å²) in [5.74, 6) is -1.41. The molecule has 1 rings (SSSR count). The SMILES string of the molecule is CC1(C)C[C@@H](CC(N)C(=O)O)C(=O)N1. The number of hydrogen-bond donors (Lipinski definition) is 3. The van der Waals surface area contributed by atoms with Crippen molar-refractivity contribution in [2.75, 3.05) is 0 Å². The molecule has 1 heterocycles. The summed E-state index contributed by atoms with van der Waals surface area (Å²) < 4.78 is 0. The highest BCUT2D eigenvalue weighted by molar-refractivity contribution is 5.83. The molecule has 1 amide bonds. The standard InChI is InChI=1S/C9H16N2O3/c1-9(2)4-5(7(12)11-9)3-6(10)8(13)14/h5-6H,3-4,10H2,1-2H3,(H,11,12)(H,13,14)/t5-,6?/m1/s1. The Morgan fingerprint density at radius 2 is 2.36 bits per heavy atom. The number of carbonyl (C=O) groups is 2. The van der Waals surface area contributed by atoms with Gasteiger partial charge < -0.3 is 16.2 Å². The molecular weight excluding hydrogens is 184 g/mol. The van der Waals surface area contributed by atoms with Crippen LogP contribution in [0.15, 0.2) is 0 Å². The second kappa shape index (κ2) is 3.57. The number of rotatable bonds is 3. The van der Waals surface area contributed by atoms with Crippen LogP contribution >= 0.6 is 0 Å². The number of nitrogens with one attached hydrogen (secondary N) is 1. The third kappa shape index (κ3) is 2.45. The molecular formula is C9H16N2O3. The van der Waals surface area contributed by atoms with Crippen LogP contribution in [0.1, 0.15) is 26.7 Å². The zero-order valence-corrected chi connectivity index (χ0v) is 8.41.